The molecule has 9 nitrogen and oxygen atoms in total. The van der Waals surface area contributed by atoms with Gasteiger partial charge in [0.15, 0.2) is 0 Å². The van der Waals surface area contributed by atoms with E-state index in [9.17, 15) is 18.0 Å². The number of amides is 2. The highest BCUT2D eigenvalue weighted by atomic mass is 35.5. The van der Waals surface area contributed by atoms with E-state index in [2.05, 4.69) is 5.32 Å². The van der Waals surface area contributed by atoms with Crippen molar-refractivity contribution in [2.75, 3.05) is 37.9 Å². The van der Waals surface area contributed by atoms with E-state index in [1.807, 2.05) is 13.8 Å². The van der Waals surface area contributed by atoms with Crippen molar-refractivity contribution in [1.82, 2.24) is 10.2 Å². The molecular formula is C26H36ClN3O6S. The number of carbonyl (C=O) groups is 2. The van der Waals surface area contributed by atoms with Gasteiger partial charge in [0.25, 0.3) is 0 Å². The molecule has 0 radical (unpaired) electrons. The molecule has 0 aliphatic heterocycles. The van der Waals surface area contributed by atoms with Crippen molar-refractivity contribution in [2.45, 2.75) is 39.8 Å². The fourth-order valence-corrected chi connectivity index (χ4v) is 4.79. The Labute approximate surface area is 224 Å². The zero-order valence-corrected chi connectivity index (χ0v) is 23.7. The lowest BCUT2D eigenvalue weighted by Gasteiger charge is -2.33. The third-order valence-electron chi connectivity index (χ3n) is 5.70. The lowest BCUT2D eigenvalue weighted by molar-refractivity contribution is -0.140. The Kier molecular flexibility index (Phi) is 11.1. The molecule has 204 valence electrons. The zero-order valence-electron chi connectivity index (χ0n) is 22.2. The number of hydrogen-bond acceptors (Lipinski definition) is 6. The lowest BCUT2D eigenvalue weighted by atomic mass is 10.1. The Morgan fingerprint density at radius 1 is 1.08 bits per heavy atom. The van der Waals surface area contributed by atoms with Crippen LogP contribution in [-0.4, -0.2) is 64.7 Å². The molecule has 2 aromatic carbocycles. The summed E-state index contributed by atoms with van der Waals surface area (Å²) in [5.41, 5.74) is 0.815. The van der Waals surface area contributed by atoms with Gasteiger partial charge < -0.3 is 19.7 Å². The van der Waals surface area contributed by atoms with Crippen molar-refractivity contribution >= 4 is 39.1 Å². The van der Waals surface area contributed by atoms with Crippen LogP contribution in [0.1, 0.15) is 32.8 Å². The summed E-state index contributed by atoms with van der Waals surface area (Å²) in [6.45, 7) is 5.68. The van der Waals surface area contributed by atoms with Crippen LogP contribution in [-0.2, 0) is 26.2 Å². The van der Waals surface area contributed by atoms with Gasteiger partial charge in [-0.2, -0.15) is 0 Å². The maximum absolute atomic E-state index is 13.8. The minimum atomic E-state index is -3.92. The maximum Gasteiger partial charge on any atom is 0.244 e. The molecule has 1 N–H and O–H groups in total. The third-order valence-corrected chi connectivity index (χ3v) is 7.20. The monoisotopic (exact) mass is 553 g/mol. The van der Waals surface area contributed by atoms with Gasteiger partial charge in [0.2, 0.25) is 21.8 Å². The first-order valence-electron chi connectivity index (χ1n) is 11.9. The molecule has 0 spiro atoms. The molecule has 37 heavy (non-hydrogen) atoms. The van der Waals surface area contributed by atoms with E-state index in [1.165, 1.54) is 31.3 Å². The number of nitrogens with zero attached hydrogens (tertiary/aromatic N) is 2. The van der Waals surface area contributed by atoms with Crippen LogP contribution < -0.4 is 19.1 Å². The molecule has 0 fully saturated rings. The standard InChI is InChI=1S/C26H36ClN3O6S/c1-7-22(26(32)28-15-18(2)3)29(16-19-10-8-9-11-21(19)27)25(31)17-30(37(6,33)34)23-13-12-20(35-4)14-24(23)36-5/h8-14,18,22H,7,15-17H2,1-6H3,(H,28,32)/t22-/m1/s1. The average Bonchev–Trinajstić information content (AvgIpc) is 2.85. The van der Waals surface area contributed by atoms with Crippen LogP contribution in [0.15, 0.2) is 42.5 Å². The van der Waals surface area contributed by atoms with Gasteiger partial charge >= 0.3 is 0 Å². The fraction of sp³-hybridized carbons (Fsp3) is 0.462. The second-order valence-corrected chi connectivity index (χ2v) is 11.3. The summed E-state index contributed by atoms with van der Waals surface area (Å²) in [4.78, 5) is 28.3. The Morgan fingerprint density at radius 2 is 1.76 bits per heavy atom. The molecule has 0 heterocycles. The van der Waals surface area contributed by atoms with E-state index in [-0.39, 0.29) is 29.8 Å². The number of anilines is 1. The highest BCUT2D eigenvalue weighted by Gasteiger charge is 2.33. The molecule has 11 heteroatoms. The molecule has 0 saturated heterocycles. The fourth-order valence-electron chi connectivity index (χ4n) is 3.74. The van der Waals surface area contributed by atoms with Crippen LogP contribution in [0.3, 0.4) is 0 Å². The van der Waals surface area contributed by atoms with E-state index in [4.69, 9.17) is 21.1 Å². The van der Waals surface area contributed by atoms with Crippen LogP contribution >= 0.6 is 11.6 Å². The number of rotatable bonds is 13. The summed E-state index contributed by atoms with van der Waals surface area (Å²) in [6, 6.07) is 10.8. The molecule has 0 aliphatic carbocycles. The Morgan fingerprint density at radius 3 is 2.30 bits per heavy atom. The molecule has 2 aromatic rings. The molecule has 0 unspecified atom stereocenters. The Bertz CT molecular complexity index is 1190. The predicted octanol–water partition coefficient (Wildman–Crippen LogP) is 3.70. The zero-order chi connectivity index (χ0) is 27.8. The summed E-state index contributed by atoms with van der Waals surface area (Å²) in [5, 5.41) is 3.32. The molecule has 2 rings (SSSR count). The van der Waals surface area contributed by atoms with E-state index in [0.717, 1.165) is 10.6 Å². The van der Waals surface area contributed by atoms with Crippen molar-refractivity contribution in [3.05, 3.63) is 53.1 Å². The van der Waals surface area contributed by atoms with Crippen LogP contribution in [0.4, 0.5) is 5.69 Å². The quantitative estimate of drug-likeness (QED) is 0.405. The second-order valence-electron chi connectivity index (χ2n) is 8.98. The highest BCUT2D eigenvalue weighted by molar-refractivity contribution is 7.92. The minimum Gasteiger partial charge on any atom is -0.497 e. The second kappa shape index (κ2) is 13.5. The van der Waals surface area contributed by atoms with Gasteiger partial charge in [-0.3, -0.25) is 13.9 Å². The van der Waals surface area contributed by atoms with E-state index in [0.29, 0.717) is 29.3 Å². The van der Waals surface area contributed by atoms with Gasteiger partial charge in [-0.25, -0.2) is 8.42 Å². The number of nitrogens with one attached hydrogen (secondary N) is 1. The van der Waals surface area contributed by atoms with Gasteiger partial charge in [-0.1, -0.05) is 50.6 Å². The van der Waals surface area contributed by atoms with Crippen molar-refractivity contribution in [1.29, 1.82) is 0 Å². The van der Waals surface area contributed by atoms with Gasteiger partial charge in [-0.15, -0.1) is 0 Å². The minimum absolute atomic E-state index is 0.0312. The normalized spacial score (nSPS) is 12.1. The smallest absolute Gasteiger partial charge is 0.244 e. The molecular weight excluding hydrogens is 518 g/mol. The lowest BCUT2D eigenvalue weighted by Crippen LogP contribution is -2.52. The van der Waals surface area contributed by atoms with E-state index >= 15 is 0 Å². The Hall–Kier alpha value is -2.98. The molecule has 2 amide bonds. The topological polar surface area (TPSA) is 105 Å². The number of carbonyl (C=O) groups excluding carboxylic acids is 2. The maximum atomic E-state index is 13.8. The average molecular weight is 554 g/mol. The summed E-state index contributed by atoms with van der Waals surface area (Å²) < 4.78 is 37.2. The first kappa shape index (κ1) is 30.2. The van der Waals surface area contributed by atoms with Crippen LogP contribution in [0.5, 0.6) is 11.5 Å². The van der Waals surface area contributed by atoms with Gasteiger partial charge in [0, 0.05) is 24.2 Å². The van der Waals surface area contributed by atoms with Crippen LogP contribution in [0.25, 0.3) is 0 Å². The van der Waals surface area contributed by atoms with Crippen LogP contribution in [0.2, 0.25) is 5.02 Å². The van der Waals surface area contributed by atoms with Crippen molar-refractivity contribution in [3.8, 4) is 11.5 Å². The third kappa shape index (κ3) is 8.26. The van der Waals surface area contributed by atoms with Crippen molar-refractivity contribution in [3.63, 3.8) is 0 Å². The number of ether oxygens (including phenoxy) is 2. The number of sulfonamides is 1. The number of methoxy groups -OCH3 is 2. The van der Waals surface area contributed by atoms with Gasteiger partial charge in [0.05, 0.1) is 26.2 Å². The number of hydrogen-bond donors (Lipinski definition) is 1. The summed E-state index contributed by atoms with van der Waals surface area (Å²) >= 11 is 6.37. The van der Waals surface area contributed by atoms with E-state index in [1.54, 1.807) is 37.3 Å². The van der Waals surface area contributed by atoms with E-state index < -0.39 is 28.5 Å². The first-order valence-corrected chi connectivity index (χ1v) is 14.2. The van der Waals surface area contributed by atoms with Crippen LogP contribution in [0, 0.1) is 5.92 Å². The first-order chi connectivity index (χ1) is 17.4. The molecule has 0 aliphatic rings. The van der Waals surface area contributed by atoms with Gasteiger partial charge in [0.1, 0.15) is 24.1 Å². The molecule has 0 saturated carbocycles. The number of halogens is 1. The largest absolute Gasteiger partial charge is 0.497 e. The molecule has 0 bridgehead atoms. The summed E-state index contributed by atoms with van der Waals surface area (Å²) in [7, 11) is -1.04. The molecule has 0 aromatic heterocycles. The number of benzene rings is 2. The molecule has 1 atom stereocenters. The SMILES string of the molecule is CC[C@H](C(=O)NCC(C)C)N(Cc1ccccc1Cl)C(=O)CN(c1ccc(OC)cc1OC)S(C)(=O)=O. The van der Waals surface area contributed by atoms with Crippen molar-refractivity contribution < 1.29 is 27.5 Å². The Balaban J connectivity index is 2.50. The van der Waals surface area contributed by atoms with Crippen molar-refractivity contribution in [2.24, 2.45) is 5.92 Å². The summed E-state index contributed by atoms with van der Waals surface area (Å²) in [6.07, 6.45) is 1.33. The summed E-state index contributed by atoms with van der Waals surface area (Å²) in [5.74, 6) is 0.0299. The highest BCUT2D eigenvalue weighted by Crippen LogP contribution is 2.34. The van der Waals surface area contributed by atoms with Gasteiger partial charge in [-0.05, 0) is 36.1 Å². The predicted molar refractivity (Wildman–Crippen MR) is 146 cm³/mol.